The van der Waals surface area contributed by atoms with Gasteiger partial charge in [-0.3, -0.25) is 0 Å². The van der Waals surface area contributed by atoms with Gasteiger partial charge in [-0.25, -0.2) is 0 Å². The molecular formula is C13H20N2O. The van der Waals surface area contributed by atoms with Crippen LogP contribution < -0.4 is 11.1 Å². The molecule has 1 fully saturated rings. The quantitative estimate of drug-likeness (QED) is 0.681. The highest BCUT2D eigenvalue weighted by Gasteiger charge is 2.25. The first-order valence-electron chi connectivity index (χ1n) is 6.00. The molecule has 1 aliphatic carbocycles. The molecule has 2 unspecified atom stereocenters. The topological polar surface area (TPSA) is 58.3 Å². The Kier molecular flexibility index (Phi) is 3.67. The normalized spacial score (nSPS) is 24.6. The van der Waals surface area contributed by atoms with Crippen LogP contribution in [0.4, 0.5) is 11.4 Å². The van der Waals surface area contributed by atoms with Gasteiger partial charge >= 0.3 is 0 Å². The summed E-state index contributed by atoms with van der Waals surface area (Å²) in [4.78, 5) is 0. The summed E-state index contributed by atoms with van der Waals surface area (Å²) in [6.45, 7) is 1.28. The number of hydrogen-bond donors (Lipinski definition) is 3. The van der Waals surface area contributed by atoms with Crippen molar-refractivity contribution in [3.05, 3.63) is 24.3 Å². The van der Waals surface area contributed by atoms with E-state index in [1.807, 2.05) is 24.3 Å². The van der Waals surface area contributed by atoms with Crippen molar-refractivity contribution >= 4 is 11.4 Å². The van der Waals surface area contributed by atoms with E-state index < -0.39 is 0 Å². The number of rotatable bonds is 4. The second-order valence-corrected chi connectivity index (χ2v) is 4.64. The lowest BCUT2D eigenvalue weighted by Crippen LogP contribution is -2.20. The summed E-state index contributed by atoms with van der Waals surface area (Å²) in [5, 5.41) is 12.6. The summed E-state index contributed by atoms with van der Waals surface area (Å²) in [7, 11) is 0. The van der Waals surface area contributed by atoms with Crippen LogP contribution in [0.5, 0.6) is 0 Å². The minimum Gasteiger partial charge on any atom is -0.399 e. The Hall–Kier alpha value is -1.22. The van der Waals surface area contributed by atoms with Crippen LogP contribution in [0.2, 0.25) is 0 Å². The minimum atomic E-state index is 0.327. The number of aliphatic hydroxyl groups excluding tert-OH is 1. The zero-order valence-corrected chi connectivity index (χ0v) is 9.52. The van der Waals surface area contributed by atoms with E-state index in [1.54, 1.807) is 0 Å². The largest absolute Gasteiger partial charge is 0.399 e. The molecule has 0 saturated heterocycles. The van der Waals surface area contributed by atoms with Crippen molar-refractivity contribution in [1.29, 1.82) is 0 Å². The van der Waals surface area contributed by atoms with Gasteiger partial charge in [-0.1, -0.05) is 6.42 Å². The van der Waals surface area contributed by atoms with E-state index in [4.69, 9.17) is 5.73 Å². The fourth-order valence-corrected chi connectivity index (χ4v) is 2.47. The lowest BCUT2D eigenvalue weighted by atomic mass is 9.97. The number of nitrogen functional groups attached to an aromatic ring is 1. The van der Waals surface area contributed by atoms with Crippen molar-refractivity contribution in [2.24, 2.45) is 11.8 Å². The first-order chi connectivity index (χ1) is 7.79. The van der Waals surface area contributed by atoms with Crippen LogP contribution in [0.25, 0.3) is 0 Å². The third-order valence-electron chi connectivity index (χ3n) is 3.53. The Labute approximate surface area is 96.7 Å². The lowest BCUT2D eigenvalue weighted by Gasteiger charge is -2.18. The maximum absolute atomic E-state index is 9.23. The highest BCUT2D eigenvalue weighted by atomic mass is 16.3. The molecule has 16 heavy (non-hydrogen) atoms. The molecule has 1 aromatic rings. The summed E-state index contributed by atoms with van der Waals surface area (Å²) in [5.74, 6) is 1.10. The third kappa shape index (κ3) is 2.67. The summed E-state index contributed by atoms with van der Waals surface area (Å²) in [6, 6.07) is 7.80. The van der Waals surface area contributed by atoms with Gasteiger partial charge in [0.1, 0.15) is 0 Å². The predicted octanol–water partition coefficient (Wildman–Crippen LogP) is 2.09. The smallest absolute Gasteiger partial charge is 0.0462 e. The standard InChI is InChI=1S/C13H20N2O/c14-12-4-6-13(7-5-12)15-8-10-2-1-3-11(10)9-16/h4-7,10-11,15-16H,1-3,8-9,14H2. The number of aliphatic hydroxyl groups is 1. The summed E-state index contributed by atoms with van der Waals surface area (Å²) in [6.07, 6.45) is 3.65. The Morgan fingerprint density at radius 2 is 1.88 bits per heavy atom. The van der Waals surface area contributed by atoms with Gasteiger partial charge in [-0.15, -0.1) is 0 Å². The Balaban J connectivity index is 1.85. The van der Waals surface area contributed by atoms with Gasteiger partial charge in [0.25, 0.3) is 0 Å². The molecule has 0 radical (unpaired) electrons. The first kappa shape index (κ1) is 11.3. The first-order valence-corrected chi connectivity index (χ1v) is 6.00. The van der Waals surface area contributed by atoms with Crippen LogP contribution in [-0.4, -0.2) is 18.3 Å². The number of anilines is 2. The summed E-state index contributed by atoms with van der Waals surface area (Å²) >= 11 is 0. The maximum atomic E-state index is 9.23. The summed E-state index contributed by atoms with van der Waals surface area (Å²) < 4.78 is 0. The monoisotopic (exact) mass is 220 g/mol. The number of hydrogen-bond acceptors (Lipinski definition) is 3. The molecule has 0 spiro atoms. The molecule has 0 amide bonds. The third-order valence-corrected chi connectivity index (χ3v) is 3.53. The molecule has 3 nitrogen and oxygen atoms in total. The van der Waals surface area contributed by atoms with Crippen molar-refractivity contribution in [3.63, 3.8) is 0 Å². The maximum Gasteiger partial charge on any atom is 0.0462 e. The van der Waals surface area contributed by atoms with E-state index in [9.17, 15) is 5.11 Å². The number of nitrogens with two attached hydrogens (primary N) is 1. The second-order valence-electron chi connectivity index (χ2n) is 4.64. The van der Waals surface area contributed by atoms with Crippen molar-refractivity contribution in [2.45, 2.75) is 19.3 Å². The fraction of sp³-hybridized carbons (Fsp3) is 0.538. The molecule has 2 rings (SSSR count). The Bertz CT molecular complexity index is 323. The van der Waals surface area contributed by atoms with Gasteiger partial charge in [0.15, 0.2) is 0 Å². The fourth-order valence-electron chi connectivity index (χ4n) is 2.47. The summed E-state index contributed by atoms with van der Waals surface area (Å²) in [5.41, 5.74) is 7.53. The van der Waals surface area contributed by atoms with Crippen LogP contribution in [0.1, 0.15) is 19.3 Å². The molecule has 3 heteroatoms. The van der Waals surface area contributed by atoms with E-state index in [-0.39, 0.29) is 0 Å². The molecule has 0 aromatic heterocycles. The van der Waals surface area contributed by atoms with Crippen LogP contribution in [-0.2, 0) is 0 Å². The average Bonchev–Trinajstić information content (AvgIpc) is 2.76. The number of nitrogens with one attached hydrogen (secondary N) is 1. The van der Waals surface area contributed by atoms with E-state index in [0.29, 0.717) is 18.4 Å². The van der Waals surface area contributed by atoms with Gasteiger partial charge in [0, 0.05) is 24.5 Å². The molecule has 0 bridgehead atoms. The van der Waals surface area contributed by atoms with E-state index in [1.165, 1.54) is 19.3 Å². The van der Waals surface area contributed by atoms with Crippen LogP contribution in [0, 0.1) is 11.8 Å². The molecule has 0 aliphatic heterocycles. The van der Waals surface area contributed by atoms with E-state index >= 15 is 0 Å². The van der Waals surface area contributed by atoms with E-state index in [2.05, 4.69) is 5.32 Å². The van der Waals surface area contributed by atoms with Crippen LogP contribution in [0.3, 0.4) is 0 Å². The van der Waals surface area contributed by atoms with E-state index in [0.717, 1.165) is 17.9 Å². The van der Waals surface area contributed by atoms with Crippen molar-refractivity contribution < 1.29 is 5.11 Å². The van der Waals surface area contributed by atoms with Crippen LogP contribution >= 0.6 is 0 Å². The molecule has 2 atom stereocenters. The average molecular weight is 220 g/mol. The van der Waals surface area contributed by atoms with Gasteiger partial charge < -0.3 is 16.2 Å². The van der Waals surface area contributed by atoms with Gasteiger partial charge in [0.2, 0.25) is 0 Å². The zero-order valence-electron chi connectivity index (χ0n) is 9.52. The van der Waals surface area contributed by atoms with Gasteiger partial charge in [-0.2, -0.15) is 0 Å². The second kappa shape index (κ2) is 5.21. The highest BCUT2D eigenvalue weighted by Crippen LogP contribution is 2.31. The van der Waals surface area contributed by atoms with Crippen molar-refractivity contribution in [3.8, 4) is 0 Å². The molecule has 1 saturated carbocycles. The predicted molar refractivity (Wildman–Crippen MR) is 67.3 cm³/mol. The SMILES string of the molecule is Nc1ccc(NCC2CCCC2CO)cc1. The Morgan fingerprint density at radius 3 is 2.56 bits per heavy atom. The molecule has 1 aromatic carbocycles. The lowest BCUT2D eigenvalue weighted by molar-refractivity contribution is 0.199. The van der Waals surface area contributed by atoms with Gasteiger partial charge in [0.05, 0.1) is 0 Å². The molecule has 4 N–H and O–H groups in total. The Morgan fingerprint density at radius 1 is 1.19 bits per heavy atom. The van der Waals surface area contributed by atoms with Crippen molar-refractivity contribution in [2.75, 3.05) is 24.2 Å². The van der Waals surface area contributed by atoms with Gasteiger partial charge in [-0.05, 0) is 48.9 Å². The molecule has 88 valence electrons. The van der Waals surface area contributed by atoms with Crippen molar-refractivity contribution in [1.82, 2.24) is 0 Å². The molecular weight excluding hydrogens is 200 g/mol. The van der Waals surface area contributed by atoms with Crippen LogP contribution in [0.15, 0.2) is 24.3 Å². The zero-order chi connectivity index (χ0) is 11.4. The molecule has 0 heterocycles. The molecule has 1 aliphatic rings. The number of benzene rings is 1. The minimum absolute atomic E-state index is 0.327. The highest BCUT2D eigenvalue weighted by molar-refractivity contribution is 5.51.